The van der Waals surface area contributed by atoms with Crippen molar-refractivity contribution in [2.24, 2.45) is 16.8 Å². The number of ether oxygens (including phenoxy) is 2. The third-order valence-corrected chi connectivity index (χ3v) is 4.65. The lowest BCUT2D eigenvalue weighted by Gasteiger charge is -2.21. The van der Waals surface area contributed by atoms with Gasteiger partial charge in [-0.25, -0.2) is 0 Å². The fourth-order valence-corrected chi connectivity index (χ4v) is 3.20. The summed E-state index contributed by atoms with van der Waals surface area (Å²) in [6.45, 7) is 8.87. The average Bonchev–Trinajstić information content (AvgIpc) is 3.02. The summed E-state index contributed by atoms with van der Waals surface area (Å²) in [5, 5.41) is 3.40. The highest BCUT2D eigenvalue weighted by molar-refractivity contribution is 5.82. The molecule has 144 valence electrons. The molecule has 1 saturated heterocycles. The second-order valence-electron chi connectivity index (χ2n) is 7.09. The number of rotatable bonds is 6. The molecule has 2 unspecified atom stereocenters. The average molecular weight is 361 g/mol. The molecule has 0 aliphatic carbocycles. The molecule has 1 aliphatic rings. The number of carbonyl (C=O) groups excluding carboxylic acids is 1. The highest BCUT2D eigenvalue weighted by atomic mass is 16.5. The van der Waals surface area contributed by atoms with Crippen LogP contribution in [0, 0.1) is 11.8 Å². The monoisotopic (exact) mass is 361 g/mol. The summed E-state index contributed by atoms with van der Waals surface area (Å²) in [6.07, 6.45) is 0.218. The van der Waals surface area contributed by atoms with E-state index in [1.807, 2.05) is 19.9 Å². The summed E-state index contributed by atoms with van der Waals surface area (Å²) in [4.78, 5) is 18.4. The zero-order chi connectivity index (χ0) is 19.1. The maximum atomic E-state index is 11.9. The van der Waals surface area contributed by atoms with Crippen molar-refractivity contribution in [3.63, 3.8) is 0 Å². The molecule has 6 heteroatoms. The zero-order valence-corrected chi connectivity index (χ0v) is 16.5. The minimum absolute atomic E-state index is 0.102. The number of hydrogen-bond acceptors (Lipinski definition) is 4. The molecule has 2 atom stereocenters. The maximum Gasteiger partial charge on any atom is 0.310 e. The van der Waals surface area contributed by atoms with Gasteiger partial charge < -0.3 is 19.7 Å². The summed E-state index contributed by atoms with van der Waals surface area (Å²) in [6, 6.07) is 8.35. The van der Waals surface area contributed by atoms with Crippen LogP contribution in [0.4, 0.5) is 0 Å². The molecule has 0 amide bonds. The molecule has 1 aliphatic heterocycles. The Labute approximate surface area is 156 Å². The standard InChI is InChI=1S/C20H31N3O3/c1-14(2)26-13-17-8-6-7-16(9-17)10-22-20(21-4)23-11-15(3)18(12-23)19(24)25-5/h6-9,14-15,18H,10-13H2,1-5H3,(H,21,22). The first kappa shape index (κ1) is 20.2. The number of carbonyl (C=O) groups is 1. The Morgan fingerprint density at radius 3 is 2.73 bits per heavy atom. The summed E-state index contributed by atoms with van der Waals surface area (Å²) in [5.41, 5.74) is 2.33. The van der Waals surface area contributed by atoms with Gasteiger partial charge in [0, 0.05) is 26.7 Å². The minimum atomic E-state index is -0.145. The fourth-order valence-electron chi connectivity index (χ4n) is 3.20. The van der Waals surface area contributed by atoms with E-state index in [9.17, 15) is 4.79 Å². The van der Waals surface area contributed by atoms with Gasteiger partial charge in [-0.1, -0.05) is 31.2 Å². The topological polar surface area (TPSA) is 63.2 Å². The molecule has 1 N–H and O–H groups in total. The first-order valence-corrected chi connectivity index (χ1v) is 9.17. The van der Waals surface area contributed by atoms with Gasteiger partial charge in [0.05, 0.1) is 25.7 Å². The van der Waals surface area contributed by atoms with Gasteiger partial charge in [0.1, 0.15) is 0 Å². The van der Waals surface area contributed by atoms with Gasteiger partial charge in [-0.05, 0) is 30.9 Å². The van der Waals surface area contributed by atoms with Gasteiger partial charge >= 0.3 is 5.97 Å². The van der Waals surface area contributed by atoms with Gasteiger partial charge in [-0.3, -0.25) is 9.79 Å². The fraction of sp³-hybridized carbons (Fsp3) is 0.600. The van der Waals surface area contributed by atoms with Crippen LogP contribution in [-0.4, -0.2) is 50.2 Å². The molecule has 0 radical (unpaired) electrons. The first-order chi connectivity index (χ1) is 12.4. The van der Waals surface area contributed by atoms with Gasteiger partial charge in [-0.15, -0.1) is 0 Å². The van der Waals surface area contributed by atoms with Crippen LogP contribution in [0.15, 0.2) is 29.3 Å². The lowest BCUT2D eigenvalue weighted by atomic mass is 9.99. The van der Waals surface area contributed by atoms with Crippen molar-refractivity contribution in [2.75, 3.05) is 27.2 Å². The van der Waals surface area contributed by atoms with Crippen LogP contribution in [0.3, 0.4) is 0 Å². The maximum absolute atomic E-state index is 11.9. The molecular formula is C20H31N3O3. The van der Waals surface area contributed by atoms with Crippen LogP contribution >= 0.6 is 0 Å². The predicted octanol–water partition coefficient (Wildman–Crippen LogP) is 2.43. The van der Waals surface area contributed by atoms with E-state index < -0.39 is 0 Å². The normalized spacial score (nSPS) is 20.5. The van der Waals surface area contributed by atoms with E-state index in [0.717, 1.165) is 18.1 Å². The number of nitrogens with one attached hydrogen (secondary N) is 1. The summed E-state index contributed by atoms with van der Waals surface area (Å²) in [7, 11) is 3.21. The van der Waals surface area contributed by atoms with Crippen molar-refractivity contribution >= 4 is 11.9 Å². The molecule has 0 bridgehead atoms. The van der Waals surface area contributed by atoms with Gasteiger partial charge in [-0.2, -0.15) is 0 Å². The number of aliphatic imine (C=N–C) groups is 1. The van der Waals surface area contributed by atoms with E-state index in [4.69, 9.17) is 9.47 Å². The molecule has 1 fully saturated rings. The lowest BCUT2D eigenvalue weighted by molar-refractivity contribution is -0.145. The quantitative estimate of drug-likeness (QED) is 0.479. The molecule has 26 heavy (non-hydrogen) atoms. The third kappa shape index (κ3) is 5.46. The number of esters is 1. The minimum Gasteiger partial charge on any atom is -0.469 e. The number of likely N-dealkylation sites (tertiary alicyclic amines) is 1. The molecule has 0 spiro atoms. The highest BCUT2D eigenvalue weighted by Gasteiger charge is 2.36. The van der Waals surface area contributed by atoms with Crippen LogP contribution in [0.2, 0.25) is 0 Å². The largest absolute Gasteiger partial charge is 0.469 e. The summed E-state index contributed by atoms with van der Waals surface area (Å²) < 4.78 is 10.6. The van der Waals surface area contributed by atoms with Gasteiger partial charge in [0.15, 0.2) is 5.96 Å². The molecule has 1 heterocycles. The molecule has 2 rings (SSSR count). The van der Waals surface area contributed by atoms with E-state index in [-0.39, 0.29) is 23.9 Å². The second kappa shape index (κ2) is 9.57. The summed E-state index contributed by atoms with van der Waals surface area (Å²) >= 11 is 0. The lowest BCUT2D eigenvalue weighted by Crippen LogP contribution is -2.40. The number of nitrogens with zero attached hydrogens (tertiary/aromatic N) is 2. The molecule has 6 nitrogen and oxygen atoms in total. The SMILES string of the molecule is CN=C(NCc1cccc(COC(C)C)c1)N1CC(C)C(C(=O)OC)C1. The number of methoxy groups -OCH3 is 1. The number of hydrogen-bond donors (Lipinski definition) is 1. The first-order valence-electron chi connectivity index (χ1n) is 9.17. The van der Waals surface area contributed by atoms with Crippen molar-refractivity contribution in [3.8, 4) is 0 Å². The molecule has 0 saturated carbocycles. The molecule has 0 aromatic heterocycles. The van der Waals surface area contributed by atoms with Crippen LogP contribution in [0.5, 0.6) is 0 Å². The Morgan fingerprint density at radius 1 is 1.35 bits per heavy atom. The van der Waals surface area contributed by atoms with Crippen LogP contribution in [0.1, 0.15) is 31.9 Å². The van der Waals surface area contributed by atoms with Crippen molar-refractivity contribution in [2.45, 2.75) is 40.0 Å². The summed E-state index contributed by atoms with van der Waals surface area (Å²) in [5.74, 6) is 0.813. The Kier molecular flexibility index (Phi) is 7.45. The Morgan fingerprint density at radius 2 is 2.08 bits per heavy atom. The second-order valence-corrected chi connectivity index (χ2v) is 7.09. The molecular weight excluding hydrogens is 330 g/mol. The van der Waals surface area contributed by atoms with Crippen molar-refractivity contribution < 1.29 is 14.3 Å². The van der Waals surface area contributed by atoms with Gasteiger partial charge in [0.2, 0.25) is 0 Å². The van der Waals surface area contributed by atoms with Crippen molar-refractivity contribution in [3.05, 3.63) is 35.4 Å². The van der Waals surface area contributed by atoms with E-state index >= 15 is 0 Å². The third-order valence-electron chi connectivity index (χ3n) is 4.65. The zero-order valence-electron chi connectivity index (χ0n) is 16.5. The van der Waals surface area contributed by atoms with E-state index in [1.54, 1.807) is 7.05 Å². The Bertz CT molecular complexity index is 630. The highest BCUT2D eigenvalue weighted by Crippen LogP contribution is 2.24. The van der Waals surface area contributed by atoms with Crippen LogP contribution in [0.25, 0.3) is 0 Å². The molecule has 1 aromatic rings. The van der Waals surface area contributed by atoms with Gasteiger partial charge in [0.25, 0.3) is 0 Å². The number of guanidine groups is 1. The smallest absolute Gasteiger partial charge is 0.310 e. The van der Waals surface area contributed by atoms with Crippen LogP contribution < -0.4 is 5.32 Å². The van der Waals surface area contributed by atoms with E-state index in [1.165, 1.54) is 12.7 Å². The molecule has 1 aromatic carbocycles. The van der Waals surface area contributed by atoms with Crippen molar-refractivity contribution in [1.82, 2.24) is 10.2 Å². The van der Waals surface area contributed by atoms with E-state index in [2.05, 4.69) is 40.3 Å². The Balaban J connectivity index is 1.93. The van der Waals surface area contributed by atoms with E-state index in [0.29, 0.717) is 19.7 Å². The number of benzene rings is 1. The predicted molar refractivity (Wildman–Crippen MR) is 103 cm³/mol. The Hall–Kier alpha value is -2.08. The van der Waals surface area contributed by atoms with Crippen LogP contribution in [-0.2, 0) is 27.4 Å². The van der Waals surface area contributed by atoms with Crippen molar-refractivity contribution in [1.29, 1.82) is 0 Å².